The van der Waals surface area contributed by atoms with Crippen LogP contribution in [0.3, 0.4) is 0 Å². The Hall–Kier alpha value is -1.13. The summed E-state index contributed by atoms with van der Waals surface area (Å²) in [4.78, 5) is 9.03. The molecular formula is C12H17N3S. The topological polar surface area (TPSA) is 54.7 Å². The maximum Gasteiger partial charge on any atom is 0.125 e. The number of nitrogens with one attached hydrogen (secondary N) is 1. The van der Waals surface area contributed by atoms with Gasteiger partial charge in [-0.1, -0.05) is 6.92 Å². The van der Waals surface area contributed by atoms with Crippen molar-refractivity contribution in [3.05, 3.63) is 29.0 Å². The van der Waals surface area contributed by atoms with E-state index in [9.17, 15) is 0 Å². The van der Waals surface area contributed by atoms with Crippen LogP contribution in [0, 0.1) is 6.92 Å². The Morgan fingerprint density at radius 1 is 1.56 bits per heavy atom. The summed E-state index contributed by atoms with van der Waals surface area (Å²) in [6.45, 7) is 5.03. The number of rotatable bonds is 4. The number of aryl methyl sites for hydroxylation is 1. The summed E-state index contributed by atoms with van der Waals surface area (Å²) >= 11 is 1.78. The fraction of sp³-hybridized carbons (Fsp3) is 0.417. The first-order valence-corrected chi connectivity index (χ1v) is 6.34. The third-order valence-corrected chi connectivity index (χ3v) is 4.16. The van der Waals surface area contributed by atoms with E-state index in [1.165, 1.54) is 10.4 Å². The highest BCUT2D eigenvalue weighted by atomic mass is 32.1. The molecule has 1 atom stereocenters. The first-order valence-electron chi connectivity index (χ1n) is 5.53. The molecule has 0 saturated carbocycles. The van der Waals surface area contributed by atoms with Crippen LogP contribution in [-0.4, -0.2) is 16.5 Å². The van der Waals surface area contributed by atoms with Gasteiger partial charge in [-0.2, -0.15) is 0 Å². The Labute approximate surface area is 99.7 Å². The Kier molecular flexibility index (Phi) is 3.41. The van der Waals surface area contributed by atoms with E-state index < -0.39 is 0 Å². The molecule has 2 aromatic rings. The van der Waals surface area contributed by atoms with Gasteiger partial charge in [0.2, 0.25) is 0 Å². The number of H-pyrrole nitrogens is 1. The summed E-state index contributed by atoms with van der Waals surface area (Å²) in [5, 5.41) is 1.10. The number of aromatic amines is 1. The van der Waals surface area contributed by atoms with Gasteiger partial charge in [-0.25, -0.2) is 4.98 Å². The van der Waals surface area contributed by atoms with E-state index in [0.717, 1.165) is 23.7 Å². The maximum absolute atomic E-state index is 5.60. The average Bonchev–Trinajstić information content (AvgIpc) is 2.86. The summed E-state index contributed by atoms with van der Waals surface area (Å²) in [5.74, 6) is 0.509. The summed E-state index contributed by atoms with van der Waals surface area (Å²) < 4.78 is 0. The molecule has 0 bridgehead atoms. The molecule has 0 fully saturated rings. The molecule has 86 valence electrons. The Morgan fingerprint density at radius 2 is 2.38 bits per heavy atom. The van der Waals surface area contributed by atoms with Crippen molar-refractivity contribution in [1.82, 2.24) is 9.97 Å². The molecule has 1 unspecified atom stereocenters. The van der Waals surface area contributed by atoms with Gasteiger partial charge >= 0.3 is 0 Å². The van der Waals surface area contributed by atoms with E-state index in [0.29, 0.717) is 5.92 Å². The molecule has 2 rings (SSSR count). The molecule has 0 aliphatic heterocycles. The zero-order valence-electron chi connectivity index (χ0n) is 9.66. The van der Waals surface area contributed by atoms with Crippen molar-refractivity contribution in [3.63, 3.8) is 0 Å². The number of hydrogen-bond acceptors (Lipinski definition) is 3. The van der Waals surface area contributed by atoms with E-state index in [4.69, 9.17) is 5.73 Å². The number of thiazole rings is 1. The second-order valence-electron chi connectivity index (χ2n) is 4.05. The molecule has 3 N–H and O–H groups in total. The molecule has 0 aliphatic rings. The van der Waals surface area contributed by atoms with E-state index >= 15 is 0 Å². The van der Waals surface area contributed by atoms with Gasteiger partial charge in [0.1, 0.15) is 5.01 Å². The molecular weight excluding hydrogens is 218 g/mol. The van der Waals surface area contributed by atoms with Crippen molar-refractivity contribution in [1.29, 1.82) is 0 Å². The summed E-state index contributed by atoms with van der Waals surface area (Å²) in [7, 11) is 0. The Balaban J connectivity index is 2.28. The molecule has 0 aromatic carbocycles. The van der Waals surface area contributed by atoms with Crippen LogP contribution < -0.4 is 5.73 Å². The first-order chi connectivity index (χ1) is 7.72. The quantitative estimate of drug-likeness (QED) is 0.856. The monoisotopic (exact) mass is 235 g/mol. The van der Waals surface area contributed by atoms with Gasteiger partial charge in [0.05, 0.1) is 5.69 Å². The molecule has 0 saturated heterocycles. The third kappa shape index (κ3) is 2.18. The number of aromatic nitrogens is 2. The number of nitrogens with zero attached hydrogens (tertiary/aromatic N) is 1. The van der Waals surface area contributed by atoms with E-state index in [-0.39, 0.29) is 0 Å². The standard InChI is InChI=1S/C12H17N3S/c1-8(3-5-13)11-9(2)15-12(16-11)10-4-6-14-7-10/h4,6-8,14H,3,5,13H2,1-2H3. The SMILES string of the molecule is Cc1nc(-c2cc[nH]c2)sc1C(C)CCN. The van der Waals surface area contributed by atoms with Gasteiger partial charge < -0.3 is 10.7 Å². The second-order valence-corrected chi connectivity index (χ2v) is 5.08. The lowest BCUT2D eigenvalue weighted by Gasteiger charge is -2.07. The van der Waals surface area contributed by atoms with Crippen LogP contribution in [0.15, 0.2) is 18.5 Å². The lowest BCUT2D eigenvalue weighted by molar-refractivity contribution is 0.696. The largest absolute Gasteiger partial charge is 0.367 e. The molecule has 2 aromatic heterocycles. The fourth-order valence-electron chi connectivity index (χ4n) is 1.83. The van der Waals surface area contributed by atoms with Gasteiger partial charge in [-0.15, -0.1) is 11.3 Å². The van der Waals surface area contributed by atoms with E-state index in [1.807, 2.05) is 12.4 Å². The van der Waals surface area contributed by atoms with Gasteiger partial charge in [-0.3, -0.25) is 0 Å². The van der Waals surface area contributed by atoms with Crippen molar-refractivity contribution in [3.8, 4) is 10.6 Å². The predicted octanol–water partition coefficient (Wildman–Crippen LogP) is 2.90. The van der Waals surface area contributed by atoms with Gasteiger partial charge in [-0.05, 0) is 31.9 Å². The van der Waals surface area contributed by atoms with Crippen molar-refractivity contribution >= 4 is 11.3 Å². The minimum Gasteiger partial charge on any atom is -0.367 e. The van der Waals surface area contributed by atoms with E-state index in [1.54, 1.807) is 11.3 Å². The van der Waals surface area contributed by atoms with Crippen LogP contribution in [0.25, 0.3) is 10.6 Å². The molecule has 0 spiro atoms. The Morgan fingerprint density at radius 3 is 3.00 bits per heavy atom. The summed E-state index contributed by atoms with van der Waals surface area (Å²) in [5.41, 5.74) is 7.90. The van der Waals surface area contributed by atoms with Crippen LogP contribution in [-0.2, 0) is 0 Å². The fourth-order valence-corrected chi connectivity index (χ4v) is 2.98. The molecule has 4 heteroatoms. The van der Waals surface area contributed by atoms with Crippen LogP contribution in [0.2, 0.25) is 0 Å². The summed E-state index contributed by atoms with van der Waals surface area (Å²) in [6.07, 6.45) is 4.93. The molecule has 16 heavy (non-hydrogen) atoms. The van der Waals surface area contributed by atoms with Crippen molar-refractivity contribution in [2.45, 2.75) is 26.2 Å². The van der Waals surface area contributed by atoms with Gasteiger partial charge in [0, 0.05) is 22.8 Å². The zero-order chi connectivity index (χ0) is 11.5. The average molecular weight is 235 g/mol. The number of nitrogens with two attached hydrogens (primary N) is 1. The first kappa shape index (κ1) is 11.4. The zero-order valence-corrected chi connectivity index (χ0v) is 10.5. The molecule has 3 nitrogen and oxygen atoms in total. The molecule has 2 heterocycles. The van der Waals surface area contributed by atoms with Crippen LogP contribution in [0.5, 0.6) is 0 Å². The lowest BCUT2D eigenvalue weighted by Crippen LogP contribution is -2.04. The molecule has 0 radical (unpaired) electrons. The normalized spacial score (nSPS) is 12.9. The van der Waals surface area contributed by atoms with Crippen molar-refractivity contribution in [2.75, 3.05) is 6.54 Å². The third-order valence-electron chi connectivity index (χ3n) is 2.72. The minimum atomic E-state index is 0.509. The van der Waals surface area contributed by atoms with Gasteiger partial charge in [0.15, 0.2) is 0 Å². The highest BCUT2D eigenvalue weighted by Gasteiger charge is 2.14. The number of hydrogen-bond donors (Lipinski definition) is 2. The maximum atomic E-state index is 5.60. The van der Waals surface area contributed by atoms with Crippen LogP contribution in [0.4, 0.5) is 0 Å². The predicted molar refractivity (Wildman–Crippen MR) is 68.7 cm³/mol. The molecule has 0 aliphatic carbocycles. The lowest BCUT2D eigenvalue weighted by atomic mass is 10.1. The smallest absolute Gasteiger partial charge is 0.125 e. The highest BCUT2D eigenvalue weighted by Crippen LogP contribution is 2.33. The van der Waals surface area contributed by atoms with Crippen molar-refractivity contribution in [2.24, 2.45) is 5.73 Å². The van der Waals surface area contributed by atoms with E-state index in [2.05, 4.69) is 29.9 Å². The highest BCUT2D eigenvalue weighted by molar-refractivity contribution is 7.15. The summed E-state index contributed by atoms with van der Waals surface area (Å²) in [6, 6.07) is 2.05. The second kappa shape index (κ2) is 4.80. The van der Waals surface area contributed by atoms with Crippen molar-refractivity contribution < 1.29 is 0 Å². The van der Waals surface area contributed by atoms with Crippen LogP contribution in [0.1, 0.15) is 29.8 Å². The van der Waals surface area contributed by atoms with Gasteiger partial charge in [0.25, 0.3) is 0 Å². The van der Waals surface area contributed by atoms with Crippen LogP contribution >= 0.6 is 11.3 Å². The molecule has 0 amide bonds. The minimum absolute atomic E-state index is 0.509. The Bertz CT molecular complexity index is 445.